The van der Waals surface area contributed by atoms with Crippen molar-refractivity contribution in [2.45, 2.75) is 38.6 Å². The fourth-order valence-corrected chi connectivity index (χ4v) is 3.49. The molecule has 0 radical (unpaired) electrons. The van der Waals surface area contributed by atoms with Gasteiger partial charge in [0.15, 0.2) is 0 Å². The molecule has 0 spiro atoms. The molecule has 2 aromatic rings. The minimum absolute atomic E-state index is 0.161. The monoisotopic (exact) mass is 291 g/mol. The molecule has 0 aliphatic heterocycles. The van der Waals surface area contributed by atoms with E-state index in [4.69, 9.17) is 0 Å². The number of unbranched alkanes of at least 4 members (excludes halogenated alkanes) is 1. The van der Waals surface area contributed by atoms with Crippen molar-refractivity contribution in [3.8, 4) is 0 Å². The van der Waals surface area contributed by atoms with E-state index in [1.54, 1.807) is 17.4 Å². The normalized spacial score (nSPS) is 12.7. The van der Waals surface area contributed by atoms with Gasteiger partial charge in [-0.25, -0.2) is 4.39 Å². The van der Waals surface area contributed by atoms with E-state index < -0.39 is 0 Å². The Hall–Kier alpha value is -1.19. The average Bonchev–Trinajstić information content (AvgIpc) is 2.85. The molecule has 1 heterocycles. The summed E-state index contributed by atoms with van der Waals surface area (Å²) >= 11 is 1.77. The Morgan fingerprint density at radius 3 is 3.00 bits per heavy atom. The Morgan fingerprint density at radius 2 is 2.25 bits per heavy atom. The average molecular weight is 291 g/mol. The molecule has 2 rings (SSSR count). The summed E-state index contributed by atoms with van der Waals surface area (Å²) < 4.78 is 14.4. The highest BCUT2D eigenvalue weighted by molar-refractivity contribution is 7.19. The highest BCUT2D eigenvalue weighted by Gasteiger charge is 2.13. The number of nitrogens with one attached hydrogen (secondary N) is 1. The van der Waals surface area contributed by atoms with Crippen molar-refractivity contribution >= 4 is 21.4 Å². The molecule has 0 aliphatic carbocycles. The van der Waals surface area contributed by atoms with Crippen LogP contribution in [0.3, 0.4) is 0 Å². The van der Waals surface area contributed by atoms with Crippen LogP contribution in [0.25, 0.3) is 10.1 Å². The first kappa shape index (κ1) is 15.2. The first-order valence-corrected chi connectivity index (χ1v) is 8.09. The Bertz CT molecular complexity index is 561. The van der Waals surface area contributed by atoms with Crippen LogP contribution < -0.4 is 5.32 Å². The van der Waals surface area contributed by atoms with Gasteiger partial charge < -0.3 is 5.32 Å². The molecule has 0 amide bonds. The Balaban J connectivity index is 2.17. The van der Waals surface area contributed by atoms with Crippen LogP contribution in [-0.2, 0) is 0 Å². The minimum Gasteiger partial charge on any atom is -0.309 e. The van der Waals surface area contributed by atoms with Crippen LogP contribution in [0, 0.1) is 5.82 Å². The number of halogens is 1. The highest BCUT2D eigenvalue weighted by atomic mass is 32.1. The van der Waals surface area contributed by atoms with Gasteiger partial charge in [-0.05, 0) is 61.9 Å². The van der Waals surface area contributed by atoms with E-state index >= 15 is 0 Å². The van der Waals surface area contributed by atoms with Gasteiger partial charge in [0.05, 0.1) is 0 Å². The van der Waals surface area contributed by atoms with E-state index in [9.17, 15) is 4.39 Å². The van der Waals surface area contributed by atoms with Gasteiger partial charge in [-0.1, -0.05) is 13.0 Å². The molecule has 0 bridgehead atoms. The summed E-state index contributed by atoms with van der Waals surface area (Å²) in [4.78, 5) is 1.31. The van der Waals surface area contributed by atoms with E-state index in [2.05, 4.69) is 24.9 Å². The van der Waals surface area contributed by atoms with Crippen molar-refractivity contribution in [2.75, 3.05) is 6.54 Å². The molecule has 0 saturated carbocycles. The SMILES string of the molecule is C=CCCCC(NCCC)c1cc2cc(F)ccc2s1. The second-order valence-electron chi connectivity index (χ2n) is 5.06. The molecule has 0 fully saturated rings. The molecule has 1 aromatic heterocycles. The van der Waals surface area contributed by atoms with Crippen molar-refractivity contribution in [3.05, 3.63) is 47.6 Å². The molecule has 1 aromatic carbocycles. The molecule has 3 heteroatoms. The molecule has 1 N–H and O–H groups in total. The van der Waals surface area contributed by atoms with Gasteiger partial charge in [0.2, 0.25) is 0 Å². The summed E-state index contributed by atoms with van der Waals surface area (Å²) in [6.07, 6.45) is 6.37. The zero-order valence-electron chi connectivity index (χ0n) is 12.0. The van der Waals surface area contributed by atoms with Crippen LogP contribution in [-0.4, -0.2) is 6.54 Å². The smallest absolute Gasteiger partial charge is 0.123 e. The predicted molar refractivity (Wildman–Crippen MR) is 86.9 cm³/mol. The van der Waals surface area contributed by atoms with Crippen LogP contribution >= 0.6 is 11.3 Å². The maximum atomic E-state index is 13.3. The van der Waals surface area contributed by atoms with Crippen LogP contribution in [0.2, 0.25) is 0 Å². The number of benzene rings is 1. The number of rotatable bonds is 8. The number of allylic oxidation sites excluding steroid dienone is 1. The molecule has 1 nitrogen and oxygen atoms in total. The molecule has 1 atom stereocenters. The van der Waals surface area contributed by atoms with Gasteiger partial charge >= 0.3 is 0 Å². The zero-order chi connectivity index (χ0) is 14.4. The van der Waals surface area contributed by atoms with Crippen molar-refractivity contribution < 1.29 is 4.39 Å². The summed E-state index contributed by atoms with van der Waals surface area (Å²) in [5, 5.41) is 4.61. The molecule has 0 saturated heterocycles. The minimum atomic E-state index is -0.161. The largest absolute Gasteiger partial charge is 0.309 e. The maximum absolute atomic E-state index is 13.3. The van der Waals surface area contributed by atoms with Gasteiger partial charge in [0.1, 0.15) is 5.82 Å². The first-order valence-electron chi connectivity index (χ1n) is 7.28. The Labute approximate surface area is 124 Å². The van der Waals surface area contributed by atoms with Crippen LogP contribution in [0.4, 0.5) is 4.39 Å². The summed E-state index contributed by atoms with van der Waals surface area (Å²) in [7, 11) is 0. The highest BCUT2D eigenvalue weighted by Crippen LogP contribution is 2.32. The number of hydrogen-bond acceptors (Lipinski definition) is 2. The summed E-state index contributed by atoms with van der Waals surface area (Å²) in [6.45, 7) is 6.97. The third-order valence-electron chi connectivity index (χ3n) is 3.38. The van der Waals surface area contributed by atoms with Gasteiger partial charge in [-0.15, -0.1) is 17.9 Å². The maximum Gasteiger partial charge on any atom is 0.123 e. The van der Waals surface area contributed by atoms with Crippen LogP contribution in [0.1, 0.15) is 43.5 Å². The second kappa shape index (κ2) is 7.55. The fourth-order valence-electron chi connectivity index (χ4n) is 2.34. The fraction of sp³-hybridized carbons (Fsp3) is 0.412. The van der Waals surface area contributed by atoms with Crippen molar-refractivity contribution in [1.29, 1.82) is 0 Å². The predicted octanol–water partition coefficient (Wildman–Crippen LogP) is 5.44. The van der Waals surface area contributed by atoms with E-state index in [0.29, 0.717) is 6.04 Å². The van der Waals surface area contributed by atoms with E-state index in [-0.39, 0.29) is 5.82 Å². The van der Waals surface area contributed by atoms with Gasteiger partial charge in [-0.2, -0.15) is 0 Å². The van der Waals surface area contributed by atoms with Crippen molar-refractivity contribution in [3.63, 3.8) is 0 Å². The lowest BCUT2D eigenvalue weighted by Crippen LogP contribution is -2.21. The summed E-state index contributed by atoms with van der Waals surface area (Å²) in [5.41, 5.74) is 0. The van der Waals surface area contributed by atoms with E-state index in [1.807, 2.05) is 12.1 Å². The number of fused-ring (bicyclic) bond motifs is 1. The third-order valence-corrected chi connectivity index (χ3v) is 4.61. The lowest BCUT2D eigenvalue weighted by atomic mass is 10.1. The van der Waals surface area contributed by atoms with Gasteiger partial charge in [0, 0.05) is 15.6 Å². The van der Waals surface area contributed by atoms with E-state index in [1.165, 1.54) is 10.9 Å². The Morgan fingerprint density at radius 1 is 1.40 bits per heavy atom. The lowest BCUT2D eigenvalue weighted by Gasteiger charge is -2.16. The Kier molecular flexibility index (Phi) is 5.74. The summed E-state index contributed by atoms with van der Waals surface area (Å²) in [5.74, 6) is -0.161. The molecule has 108 valence electrons. The van der Waals surface area contributed by atoms with Gasteiger partial charge in [-0.3, -0.25) is 0 Å². The first-order chi connectivity index (χ1) is 9.74. The van der Waals surface area contributed by atoms with Crippen molar-refractivity contribution in [1.82, 2.24) is 5.32 Å². The lowest BCUT2D eigenvalue weighted by molar-refractivity contribution is 0.493. The molecule has 0 aliphatic rings. The van der Waals surface area contributed by atoms with Gasteiger partial charge in [0.25, 0.3) is 0 Å². The second-order valence-corrected chi connectivity index (χ2v) is 6.17. The van der Waals surface area contributed by atoms with E-state index in [0.717, 1.165) is 42.3 Å². The molecular formula is C17H22FNS. The number of thiophene rings is 1. The zero-order valence-corrected chi connectivity index (χ0v) is 12.8. The molecule has 1 unspecified atom stereocenters. The van der Waals surface area contributed by atoms with Crippen molar-refractivity contribution in [2.24, 2.45) is 0 Å². The summed E-state index contributed by atoms with van der Waals surface area (Å²) in [6, 6.07) is 7.53. The quantitative estimate of drug-likeness (QED) is 0.504. The standard InChI is InChI=1S/C17H22FNS/c1-3-5-6-7-15(19-10-4-2)17-12-13-11-14(18)8-9-16(13)20-17/h3,8-9,11-12,15,19H,1,4-7,10H2,2H3. The number of hydrogen-bond donors (Lipinski definition) is 1. The molecular weight excluding hydrogens is 269 g/mol. The molecule has 20 heavy (non-hydrogen) atoms. The van der Waals surface area contributed by atoms with Crippen LogP contribution in [0.5, 0.6) is 0 Å². The van der Waals surface area contributed by atoms with Crippen LogP contribution in [0.15, 0.2) is 36.9 Å². The third kappa shape index (κ3) is 3.90. The topological polar surface area (TPSA) is 12.0 Å².